The van der Waals surface area contributed by atoms with Crippen molar-refractivity contribution in [2.75, 3.05) is 26.4 Å². The van der Waals surface area contributed by atoms with Crippen LogP contribution in [-0.4, -0.2) is 41.5 Å². The first kappa shape index (κ1) is 17.2. The van der Waals surface area contributed by atoms with Gasteiger partial charge in [0.15, 0.2) is 0 Å². The van der Waals surface area contributed by atoms with Crippen molar-refractivity contribution < 1.29 is 14.3 Å². The zero-order valence-corrected chi connectivity index (χ0v) is 15.1. The molecule has 2 aliphatic rings. The van der Waals surface area contributed by atoms with Gasteiger partial charge in [-0.15, -0.1) is 0 Å². The lowest BCUT2D eigenvalue weighted by Crippen LogP contribution is -2.29. The van der Waals surface area contributed by atoms with Crippen LogP contribution in [0.1, 0.15) is 18.9 Å². The topological polar surface area (TPSA) is 38.8 Å². The minimum Gasteiger partial charge on any atom is -0.488 e. The average molecular weight is 361 g/mol. The van der Waals surface area contributed by atoms with Crippen LogP contribution < -0.4 is 4.74 Å². The normalized spacial score (nSPS) is 18.6. The Labute approximate surface area is 151 Å². The SMILES string of the molecule is CCOCCCN1C(=O)C(=CC2=Cc3ccccc3OC2)SC1=S. The highest BCUT2D eigenvalue weighted by Crippen LogP contribution is 2.33. The van der Waals surface area contributed by atoms with Gasteiger partial charge in [0.05, 0.1) is 4.91 Å². The molecule has 1 saturated heterocycles. The number of hydrogen-bond donors (Lipinski definition) is 0. The summed E-state index contributed by atoms with van der Waals surface area (Å²) in [6.07, 6.45) is 4.73. The summed E-state index contributed by atoms with van der Waals surface area (Å²) in [7, 11) is 0. The highest BCUT2D eigenvalue weighted by Gasteiger charge is 2.31. The summed E-state index contributed by atoms with van der Waals surface area (Å²) < 4.78 is 11.7. The molecule has 2 heterocycles. The molecule has 0 aliphatic carbocycles. The number of hydrogen-bond acceptors (Lipinski definition) is 5. The summed E-state index contributed by atoms with van der Waals surface area (Å²) >= 11 is 6.69. The number of ether oxygens (including phenoxy) is 2. The fraction of sp³-hybridized carbons (Fsp3) is 0.333. The minimum absolute atomic E-state index is 0.0266. The zero-order valence-electron chi connectivity index (χ0n) is 13.5. The molecule has 1 aromatic rings. The molecule has 1 fully saturated rings. The van der Waals surface area contributed by atoms with E-state index in [1.807, 2.05) is 37.3 Å². The number of nitrogens with zero attached hydrogens (tertiary/aromatic N) is 1. The maximum Gasteiger partial charge on any atom is 0.266 e. The highest BCUT2D eigenvalue weighted by molar-refractivity contribution is 8.26. The maximum atomic E-state index is 12.5. The number of carbonyl (C=O) groups is 1. The molecule has 0 spiro atoms. The van der Waals surface area contributed by atoms with Crippen molar-refractivity contribution in [1.82, 2.24) is 4.90 Å². The Morgan fingerprint density at radius 1 is 1.42 bits per heavy atom. The molecule has 0 unspecified atom stereocenters. The van der Waals surface area contributed by atoms with Crippen LogP contribution in [0.2, 0.25) is 0 Å². The Kier molecular flexibility index (Phi) is 5.71. The highest BCUT2D eigenvalue weighted by atomic mass is 32.2. The predicted molar refractivity (Wildman–Crippen MR) is 101 cm³/mol. The van der Waals surface area contributed by atoms with Crippen LogP contribution in [-0.2, 0) is 9.53 Å². The summed E-state index contributed by atoms with van der Waals surface area (Å²) in [6, 6.07) is 7.87. The van der Waals surface area contributed by atoms with E-state index in [0.29, 0.717) is 35.6 Å². The largest absolute Gasteiger partial charge is 0.488 e. The fourth-order valence-corrected chi connectivity index (χ4v) is 3.87. The van der Waals surface area contributed by atoms with Crippen LogP contribution in [0, 0.1) is 0 Å². The second-order valence-electron chi connectivity index (χ2n) is 5.43. The van der Waals surface area contributed by atoms with Crippen molar-refractivity contribution in [2.45, 2.75) is 13.3 Å². The van der Waals surface area contributed by atoms with Crippen LogP contribution in [0.15, 0.2) is 40.8 Å². The number of amides is 1. The van der Waals surface area contributed by atoms with Crippen LogP contribution in [0.25, 0.3) is 6.08 Å². The third-order valence-electron chi connectivity index (χ3n) is 3.72. The van der Waals surface area contributed by atoms with Crippen molar-refractivity contribution >= 4 is 40.3 Å². The molecule has 0 bridgehead atoms. The molecular formula is C18H19NO3S2. The second kappa shape index (κ2) is 7.96. The Hall–Kier alpha value is -1.63. The maximum absolute atomic E-state index is 12.5. The number of para-hydroxylation sites is 1. The van der Waals surface area contributed by atoms with Gasteiger partial charge < -0.3 is 9.47 Å². The molecule has 24 heavy (non-hydrogen) atoms. The third kappa shape index (κ3) is 3.88. The standard InChI is InChI=1S/C18H19NO3S2/c1-2-21-9-5-8-19-17(20)16(24-18(19)23)11-13-10-14-6-3-4-7-15(14)22-12-13/h3-4,6-7,10-11H,2,5,8-9,12H2,1H3. The molecule has 0 radical (unpaired) electrons. The van der Waals surface area contributed by atoms with Crippen molar-refractivity contribution in [2.24, 2.45) is 0 Å². The lowest BCUT2D eigenvalue weighted by molar-refractivity contribution is -0.122. The summed E-state index contributed by atoms with van der Waals surface area (Å²) in [5.41, 5.74) is 2.01. The van der Waals surface area contributed by atoms with Crippen LogP contribution in [0.3, 0.4) is 0 Å². The van der Waals surface area contributed by atoms with E-state index in [-0.39, 0.29) is 5.91 Å². The van der Waals surface area contributed by atoms with Gasteiger partial charge in [0.1, 0.15) is 16.7 Å². The number of fused-ring (bicyclic) bond motifs is 1. The van der Waals surface area contributed by atoms with E-state index in [1.54, 1.807) is 4.90 Å². The summed E-state index contributed by atoms with van der Waals surface area (Å²) in [6.45, 7) is 4.35. The number of thiocarbonyl (C=S) groups is 1. The van der Waals surface area contributed by atoms with Crippen LogP contribution >= 0.6 is 24.0 Å². The number of rotatable bonds is 6. The van der Waals surface area contributed by atoms with E-state index in [9.17, 15) is 4.79 Å². The van der Waals surface area contributed by atoms with Gasteiger partial charge in [0, 0.05) is 25.3 Å². The van der Waals surface area contributed by atoms with Gasteiger partial charge in [-0.2, -0.15) is 0 Å². The van der Waals surface area contributed by atoms with E-state index in [1.165, 1.54) is 11.8 Å². The van der Waals surface area contributed by atoms with Gasteiger partial charge in [-0.3, -0.25) is 9.69 Å². The molecule has 0 saturated carbocycles. The second-order valence-corrected chi connectivity index (χ2v) is 7.11. The average Bonchev–Trinajstić information content (AvgIpc) is 2.85. The molecule has 0 aromatic heterocycles. The van der Waals surface area contributed by atoms with Crippen molar-refractivity contribution in [3.63, 3.8) is 0 Å². The van der Waals surface area contributed by atoms with Gasteiger partial charge in [0.2, 0.25) is 0 Å². The molecule has 6 heteroatoms. The third-order valence-corrected chi connectivity index (χ3v) is 5.10. The molecule has 4 nitrogen and oxygen atoms in total. The number of thioether (sulfide) groups is 1. The van der Waals surface area contributed by atoms with Crippen molar-refractivity contribution in [3.05, 3.63) is 46.4 Å². The van der Waals surface area contributed by atoms with Gasteiger partial charge in [0.25, 0.3) is 5.91 Å². The molecule has 1 aromatic carbocycles. The quantitative estimate of drug-likeness (QED) is 0.439. The Bertz CT molecular complexity index is 712. The number of carbonyl (C=O) groups excluding carboxylic acids is 1. The van der Waals surface area contributed by atoms with E-state index in [0.717, 1.165) is 23.3 Å². The Morgan fingerprint density at radius 3 is 3.08 bits per heavy atom. The van der Waals surface area contributed by atoms with Crippen molar-refractivity contribution in [1.29, 1.82) is 0 Å². The molecule has 0 atom stereocenters. The van der Waals surface area contributed by atoms with Gasteiger partial charge in [-0.1, -0.05) is 42.2 Å². The smallest absolute Gasteiger partial charge is 0.266 e. The minimum atomic E-state index is -0.0266. The lowest BCUT2D eigenvalue weighted by Gasteiger charge is -2.16. The predicted octanol–water partition coefficient (Wildman–Crippen LogP) is 3.63. The van der Waals surface area contributed by atoms with E-state index < -0.39 is 0 Å². The summed E-state index contributed by atoms with van der Waals surface area (Å²) in [5.74, 6) is 0.847. The molecule has 3 rings (SSSR count). The first-order valence-electron chi connectivity index (χ1n) is 7.94. The van der Waals surface area contributed by atoms with Gasteiger partial charge >= 0.3 is 0 Å². The molecule has 2 aliphatic heterocycles. The molecular weight excluding hydrogens is 342 g/mol. The van der Waals surface area contributed by atoms with Gasteiger partial charge in [-0.25, -0.2) is 0 Å². The van der Waals surface area contributed by atoms with E-state index in [2.05, 4.69) is 6.08 Å². The number of benzene rings is 1. The van der Waals surface area contributed by atoms with Crippen LogP contribution in [0.4, 0.5) is 0 Å². The van der Waals surface area contributed by atoms with E-state index in [4.69, 9.17) is 21.7 Å². The van der Waals surface area contributed by atoms with E-state index >= 15 is 0 Å². The van der Waals surface area contributed by atoms with Crippen LogP contribution in [0.5, 0.6) is 5.75 Å². The van der Waals surface area contributed by atoms with Crippen molar-refractivity contribution in [3.8, 4) is 5.75 Å². The summed E-state index contributed by atoms with van der Waals surface area (Å²) in [5, 5.41) is 0. The molecule has 1 amide bonds. The molecule has 0 N–H and O–H groups in total. The zero-order chi connectivity index (χ0) is 16.9. The summed E-state index contributed by atoms with van der Waals surface area (Å²) in [4.78, 5) is 14.9. The van der Waals surface area contributed by atoms with Gasteiger partial charge in [-0.05, 0) is 37.1 Å². The monoisotopic (exact) mass is 361 g/mol. The Balaban J connectivity index is 1.69. The lowest BCUT2D eigenvalue weighted by atomic mass is 10.1. The first-order chi connectivity index (χ1) is 11.7. The molecule has 126 valence electrons. The fourth-order valence-electron chi connectivity index (χ4n) is 2.55. The Morgan fingerprint density at radius 2 is 2.25 bits per heavy atom. The first-order valence-corrected chi connectivity index (χ1v) is 9.17.